The van der Waals surface area contributed by atoms with Crippen molar-refractivity contribution in [2.75, 3.05) is 0 Å². The Morgan fingerprint density at radius 2 is 1.31 bits per heavy atom. The molecule has 5 heteroatoms. The molecule has 0 N–H and O–H groups in total. The molecule has 0 amide bonds. The number of rotatable bonds is 0. The van der Waals surface area contributed by atoms with Crippen molar-refractivity contribution in [2.24, 2.45) is 0 Å². The maximum Gasteiger partial charge on any atom is 0.338 e. The Kier molecular flexibility index (Phi) is 3.07. The molecular formula is C11H8N2OS2. The molecule has 3 nitrogen and oxygen atoms in total. The van der Waals surface area contributed by atoms with Crippen molar-refractivity contribution in [2.45, 2.75) is 0 Å². The third-order valence-corrected chi connectivity index (χ3v) is 2.72. The van der Waals surface area contributed by atoms with Gasteiger partial charge in [0.25, 0.3) is 0 Å². The van der Waals surface area contributed by atoms with E-state index in [0.717, 1.165) is 0 Å². The molecule has 80 valence electrons. The van der Waals surface area contributed by atoms with Gasteiger partial charge in [0, 0.05) is 12.4 Å². The van der Waals surface area contributed by atoms with Crippen molar-refractivity contribution in [1.29, 1.82) is 0 Å². The molecule has 2 rings (SSSR count). The Morgan fingerprint density at radius 1 is 0.875 bits per heavy atom. The Bertz CT molecular complexity index is 587. The fourth-order valence-electron chi connectivity index (χ4n) is 1.29. The zero-order valence-electron chi connectivity index (χ0n) is 8.24. The van der Waals surface area contributed by atoms with Gasteiger partial charge in [-0.15, -0.1) is 0 Å². The van der Waals surface area contributed by atoms with Crippen molar-refractivity contribution < 1.29 is 4.79 Å². The standard InChI is InChI=1S/C11H8N2OS2/c14-11(12-7-3-1-5-9(12)15)13-8-4-2-6-10(13)16/h1-8H. The van der Waals surface area contributed by atoms with Gasteiger partial charge in [0.2, 0.25) is 0 Å². The molecule has 0 unspecified atom stereocenters. The van der Waals surface area contributed by atoms with Crippen molar-refractivity contribution in [3.8, 4) is 0 Å². The first-order chi connectivity index (χ1) is 7.70. The maximum atomic E-state index is 12.1. The first-order valence-electron chi connectivity index (χ1n) is 4.60. The molecule has 2 aromatic rings. The van der Waals surface area contributed by atoms with E-state index in [-0.39, 0.29) is 6.03 Å². The number of hydrogen-bond donors (Lipinski definition) is 0. The van der Waals surface area contributed by atoms with Gasteiger partial charge in [0.15, 0.2) is 0 Å². The van der Waals surface area contributed by atoms with Crippen molar-refractivity contribution >= 4 is 30.5 Å². The van der Waals surface area contributed by atoms with Gasteiger partial charge in [0.05, 0.1) is 0 Å². The van der Waals surface area contributed by atoms with E-state index >= 15 is 0 Å². The minimum Gasteiger partial charge on any atom is -0.259 e. The summed E-state index contributed by atoms with van der Waals surface area (Å²) in [6.07, 6.45) is 3.25. The normalized spacial score (nSPS) is 10.0. The van der Waals surface area contributed by atoms with Crippen molar-refractivity contribution in [1.82, 2.24) is 9.13 Å². The van der Waals surface area contributed by atoms with E-state index in [0.29, 0.717) is 9.28 Å². The van der Waals surface area contributed by atoms with Crippen LogP contribution in [-0.2, 0) is 0 Å². The minimum atomic E-state index is -0.267. The Labute approximate surface area is 103 Å². The van der Waals surface area contributed by atoms with Gasteiger partial charge in [-0.25, -0.2) is 4.79 Å². The fourth-order valence-corrected chi connectivity index (χ4v) is 1.72. The van der Waals surface area contributed by atoms with Gasteiger partial charge >= 0.3 is 6.03 Å². The van der Waals surface area contributed by atoms with Crippen molar-refractivity contribution in [3.05, 3.63) is 58.1 Å². The SMILES string of the molecule is O=C(n1ccccc1=S)n1ccccc1=S. The highest BCUT2D eigenvalue weighted by Crippen LogP contribution is 1.99. The van der Waals surface area contributed by atoms with E-state index < -0.39 is 0 Å². The van der Waals surface area contributed by atoms with Gasteiger partial charge in [0.1, 0.15) is 9.28 Å². The quantitative estimate of drug-likeness (QED) is 0.669. The predicted octanol–water partition coefficient (Wildman–Crippen LogP) is 3.26. The summed E-state index contributed by atoms with van der Waals surface area (Å²) in [5, 5.41) is 0. The van der Waals surface area contributed by atoms with E-state index in [1.807, 2.05) is 0 Å². The van der Waals surface area contributed by atoms with E-state index in [4.69, 9.17) is 24.4 Å². The Balaban J connectivity index is 2.57. The first kappa shape index (κ1) is 10.9. The number of pyridine rings is 2. The summed E-state index contributed by atoms with van der Waals surface area (Å²) in [6, 6.07) is 10.2. The molecule has 0 aliphatic carbocycles. The van der Waals surface area contributed by atoms with Crippen LogP contribution < -0.4 is 0 Å². The summed E-state index contributed by atoms with van der Waals surface area (Å²) in [5.74, 6) is 0. The first-order valence-corrected chi connectivity index (χ1v) is 5.42. The van der Waals surface area contributed by atoms with Gasteiger partial charge in [-0.2, -0.15) is 0 Å². The van der Waals surface area contributed by atoms with Crippen LogP contribution in [0.1, 0.15) is 0 Å². The van der Waals surface area contributed by atoms with E-state index in [1.54, 1.807) is 48.8 Å². The highest BCUT2D eigenvalue weighted by molar-refractivity contribution is 7.71. The summed E-state index contributed by atoms with van der Waals surface area (Å²) >= 11 is 10.1. The average molecular weight is 248 g/mol. The van der Waals surface area contributed by atoms with Crippen LogP contribution in [0.2, 0.25) is 0 Å². The average Bonchev–Trinajstić information content (AvgIpc) is 2.29. The Hall–Kier alpha value is -1.59. The number of hydrogen-bond acceptors (Lipinski definition) is 3. The van der Waals surface area contributed by atoms with Crippen LogP contribution in [0.25, 0.3) is 0 Å². The molecule has 0 spiro atoms. The summed E-state index contributed by atoms with van der Waals surface area (Å²) in [6.45, 7) is 0. The molecule has 0 aromatic carbocycles. The zero-order chi connectivity index (χ0) is 11.5. The van der Waals surface area contributed by atoms with E-state index in [2.05, 4.69) is 0 Å². The van der Waals surface area contributed by atoms with Crippen LogP contribution in [0, 0.1) is 9.28 Å². The molecule has 0 atom stereocenters. The molecular weight excluding hydrogens is 240 g/mol. The van der Waals surface area contributed by atoms with Crippen LogP contribution in [0.3, 0.4) is 0 Å². The van der Waals surface area contributed by atoms with Gasteiger partial charge in [-0.3, -0.25) is 9.13 Å². The second-order valence-electron chi connectivity index (χ2n) is 3.10. The molecule has 0 aliphatic heterocycles. The lowest BCUT2D eigenvalue weighted by Gasteiger charge is -2.07. The van der Waals surface area contributed by atoms with Crippen LogP contribution in [0.15, 0.2) is 48.8 Å². The third kappa shape index (κ3) is 2.00. The third-order valence-electron chi connectivity index (χ3n) is 2.06. The lowest BCUT2D eigenvalue weighted by atomic mass is 10.5. The van der Waals surface area contributed by atoms with Crippen LogP contribution in [0.5, 0.6) is 0 Å². The molecule has 0 fully saturated rings. The van der Waals surface area contributed by atoms with Crippen LogP contribution >= 0.6 is 24.4 Å². The fraction of sp³-hybridized carbons (Fsp3) is 0. The monoisotopic (exact) mass is 248 g/mol. The molecule has 0 saturated carbocycles. The number of aromatic nitrogens is 2. The number of carbonyl (C=O) groups is 1. The molecule has 0 radical (unpaired) electrons. The second-order valence-corrected chi connectivity index (χ2v) is 3.94. The highest BCUT2D eigenvalue weighted by Gasteiger charge is 2.05. The molecule has 2 heterocycles. The maximum absolute atomic E-state index is 12.1. The molecule has 2 aromatic heterocycles. The largest absolute Gasteiger partial charge is 0.338 e. The lowest BCUT2D eigenvalue weighted by Crippen LogP contribution is -2.20. The topological polar surface area (TPSA) is 26.9 Å². The molecule has 16 heavy (non-hydrogen) atoms. The summed E-state index contributed by atoms with van der Waals surface area (Å²) in [5.41, 5.74) is 0. The smallest absolute Gasteiger partial charge is 0.259 e. The molecule has 0 bridgehead atoms. The van der Waals surface area contributed by atoms with Gasteiger partial charge in [-0.05, 0) is 24.3 Å². The predicted molar refractivity (Wildman–Crippen MR) is 66.7 cm³/mol. The minimum absolute atomic E-state index is 0.267. The van der Waals surface area contributed by atoms with Gasteiger partial charge in [-0.1, -0.05) is 36.6 Å². The van der Waals surface area contributed by atoms with Crippen molar-refractivity contribution in [3.63, 3.8) is 0 Å². The Morgan fingerprint density at radius 3 is 1.69 bits per heavy atom. The van der Waals surface area contributed by atoms with Crippen LogP contribution in [0.4, 0.5) is 4.79 Å². The van der Waals surface area contributed by atoms with E-state index in [1.165, 1.54) is 9.13 Å². The summed E-state index contributed by atoms with van der Waals surface area (Å²) in [4.78, 5) is 12.1. The van der Waals surface area contributed by atoms with E-state index in [9.17, 15) is 4.79 Å². The zero-order valence-corrected chi connectivity index (χ0v) is 9.87. The summed E-state index contributed by atoms with van der Waals surface area (Å²) in [7, 11) is 0. The molecule has 0 saturated heterocycles. The lowest BCUT2D eigenvalue weighted by molar-refractivity contribution is 0.243. The summed E-state index contributed by atoms with van der Waals surface area (Å²) < 4.78 is 3.67. The second kappa shape index (κ2) is 4.51. The molecule has 0 aliphatic rings. The highest BCUT2D eigenvalue weighted by atomic mass is 32.1. The van der Waals surface area contributed by atoms with Crippen LogP contribution in [-0.4, -0.2) is 15.2 Å². The number of nitrogens with zero attached hydrogens (tertiary/aromatic N) is 2. The van der Waals surface area contributed by atoms with Gasteiger partial charge < -0.3 is 0 Å². The number of carbonyl (C=O) groups excluding carboxylic acids is 1.